The monoisotopic (exact) mass is 742 g/mol. The van der Waals surface area contributed by atoms with Crippen molar-refractivity contribution in [3.63, 3.8) is 0 Å². The molecular weight excluding hydrogens is 674 g/mol. The predicted octanol–water partition coefficient (Wildman–Crippen LogP) is 9.90. The van der Waals surface area contributed by atoms with E-state index in [2.05, 4.69) is 49.0 Å². The van der Waals surface area contributed by atoms with Crippen LogP contribution in [0.3, 0.4) is 0 Å². The minimum absolute atomic E-state index is 0. The molecule has 4 aromatic rings. The van der Waals surface area contributed by atoms with Gasteiger partial charge in [-0.15, -0.1) is 0 Å². The summed E-state index contributed by atoms with van der Waals surface area (Å²) in [5.41, 5.74) is 7.62. The van der Waals surface area contributed by atoms with Gasteiger partial charge in [-0.25, -0.2) is 9.59 Å². The van der Waals surface area contributed by atoms with E-state index in [0.29, 0.717) is 0 Å². The summed E-state index contributed by atoms with van der Waals surface area (Å²) in [6.45, 7) is 23.0. The maximum absolute atomic E-state index is 11.8. The zero-order chi connectivity index (χ0) is 38.9. The third-order valence-corrected chi connectivity index (χ3v) is 9.05. The normalized spacial score (nSPS) is 10.4. The van der Waals surface area contributed by atoms with Crippen LogP contribution in [0, 0.1) is 27.7 Å². The molecule has 4 N–H and O–H groups in total. The van der Waals surface area contributed by atoms with Crippen LogP contribution in [0.2, 0.25) is 0 Å². The largest absolute Gasteiger partial charge is 1.00 e. The first-order chi connectivity index (χ1) is 25.5. The lowest BCUT2D eigenvalue weighted by Crippen LogP contribution is -3.00. The molecule has 296 valence electrons. The van der Waals surface area contributed by atoms with E-state index in [1.165, 1.54) is 82.0 Å². The Morgan fingerprint density at radius 2 is 0.648 bits per heavy atom. The Bertz CT molecular complexity index is 1400. The summed E-state index contributed by atoms with van der Waals surface area (Å²) < 4.78 is 1.42. The Morgan fingerprint density at radius 3 is 0.833 bits per heavy atom. The number of urea groups is 2. The van der Waals surface area contributed by atoms with Crippen LogP contribution in [0.4, 0.5) is 32.3 Å². The predicted molar refractivity (Wildman–Crippen MR) is 229 cm³/mol. The van der Waals surface area contributed by atoms with Crippen molar-refractivity contribution in [2.24, 2.45) is 0 Å². The van der Waals surface area contributed by atoms with Gasteiger partial charge in [-0.1, -0.05) is 102 Å². The Hall–Kier alpha value is -4.69. The number of benzene rings is 4. The van der Waals surface area contributed by atoms with Gasteiger partial charge in [0.15, 0.2) is 0 Å². The van der Waals surface area contributed by atoms with Gasteiger partial charge in [-0.05, 0) is 124 Å². The second kappa shape index (κ2) is 27.0. The number of aryl methyl sites for hydroxylation is 4. The molecule has 0 aliphatic heterocycles. The molecule has 0 saturated carbocycles. The molecule has 0 aromatic heterocycles. The Kier molecular flexibility index (Phi) is 23.6. The van der Waals surface area contributed by atoms with Gasteiger partial charge in [0.1, 0.15) is 0 Å². The Labute approximate surface area is 326 Å². The summed E-state index contributed by atoms with van der Waals surface area (Å²) in [5, 5.41) is 11.2. The third kappa shape index (κ3) is 20.0. The smallest absolute Gasteiger partial charge is 0.323 e. The van der Waals surface area contributed by atoms with Crippen molar-refractivity contribution in [2.75, 3.05) is 47.4 Å². The van der Waals surface area contributed by atoms with Crippen molar-refractivity contribution in [1.82, 2.24) is 0 Å². The molecule has 4 aromatic carbocycles. The summed E-state index contributed by atoms with van der Waals surface area (Å²) in [6.07, 6.45) is 11.1. The highest BCUT2D eigenvalue weighted by Gasteiger charge is 2.24. The van der Waals surface area contributed by atoms with E-state index in [1.807, 2.05) is 125 Å². The Balaban J connectivity index is 0.000000402. The molecule has 0 bridgehead atoms. The maximum Gasteiger partial charge on any atom is 0.323 e. The van der Waals surface area contributed by atoms with Crippen molar-refractivity contribution < 1.29 is 18.8 Å². The molecule has 0 aliphatic carbocycles. The third-order valence-electron chi connectivity index (χ3n) is 9.05. The van der Waals surface area contributed by atoms with E-state index >= 15 is 0 Å². The lowest BCUT2D eigenvalue weighted by atomic mass is 10.1. The number of carbonyl (C=O) groups excluding carboxylic acids is 2. The summed E-state index contributed by atoms with van der Waals surface area (Å²) in [7, 11) is 0. The van der Waals surface area contributed by atoms with Gasteiger partial charge in [0, 0.05) is 22.7 Å². The van der Waals surface area contributed by atoms with Crippen molar-refractivity contribution >= 4 is 34.8 Å². The SMILES string of the molecule is CCCC[N+](CCCC)(CCCC)CCCC.Cc1cccc(NC(=O)Nc2cccc(C)c2)c1.Cc1cccc(NC(=O)Nc2cccc(C)c2)c1.[F-]. The van der Waals surface area contributed by atoms with Gasteiger partial charge in [-0.3, -0.25) is 0 Å². The molecule has 8 heteroatoms. The van der Waals surface area contributed by atoms with Crippen LogP contribution in [0.1, 0.15) is 101 Å². The van der Waals surface area contributed by atoms with Crippen molar-refractivity contribution in [2.45, 2.75) is 107 Å². The fourth-order valence-electron chi connectivity index (χ4n) is 6.12. The highest BCUT2D eigenvalue weighted by atomic mass is 19.0. The molecule has 0 aliphatic rings. The van der Waals surface area contributed by atoms with Crippen molar-refractivity contribution in [3.8, 4) is 0 Å². The van der Waals surface area contributed by atoms with E-state index in [1.54, 1.807) is 0 Å². The van der Waals surface area contributed by atoms with E-state index in [0.717, 1.165) is 45.0 Å². The molecule has 0 heterocycles. The van der Waals surface area contributed by atoms with Crippen molar-refractivity contribution in [3.05, 3.63) is 119 Å². The molecule has 0 fully saturated rings. The maximum atomic E-state index is 11.8. The zero-order valence-corrected chi connectivity index (χ0v) is 34.4. The first-order valence-corrected chi connectivity index (χ1v) is 19.8. The zero-order valence-electron chi connectivity index (χ0n) is 34.4. The average molecular weight is 742 g/mol. The number of hydrogen-bond acceptors (Lipinski definition) is 2. The number of quaternary nitrogens is 1. The fourth-order valence-corrected chi connectivity index (χ4v) is 6.12. The first kappa shape index (κ1) is 47.3. The van der Waals surface area contributed by atoms with Crippen LogP contribution in [-0.4, -0.2) is 42.7 Å². The summed E-state index contributed by atoms with van der Waals surface area (Å²) in [6, 6.07) is 30.3. The van der Waals surface area contributed by atoms with Gasteiger partial charge in [0.05, 0.1) is 26.2 Å². The molecule has 0 saturated heterocycles. The van der Waals surface area contributed by atoms with Crippen molar-refractivity contribution in [1.29, 1.82) is 0 Å². The minimum atomic E-state index is -0.230. The summed E-state index contributed by atoms with van der Waals surface area (Å²) in [4.78, 5) is 23.6. The quantitative estimate of drug-likeness (QED) is 0.0863. The summed E-state index contributed by atoms with van der Waals surface area (Å²) in [5.74, 6) is 0. The van der Waals surface area contributed by atoms with Crippen LogP contribution >= 0.6 is 0 Å². The lowest BCUT2D eigenvalue weighted by molar-refractivity contribution is -0.929. The highest BCUT2D eigenvalue weighted by Crippen LogP contribution is 2.17. The molecule has 0 atom stereocenters. The van der Waals surface area contributed by atoms with Crippen LogP contribution < -0.4 is 26.0 Å². The molecule has 0 spiro atoms. The van der Waals surface area contributed by atoms with Crippen LogP contribution in [0.15, 0.2) is 97.1 Å². The molecule has 0 radical (unpaired) electrons. The first-order valence-electron chi connectivity index (χ1n) is 19.8. The molecule has 7 nitrogen and oxygen atoms in total. The number of carbonyl (C=O) groups is 2. The van der Waals surface area contributed by atoms with Gasteiger partial charge in [-0.2, -0.15) is 0 Å². The highest BCUT2D eigenvalue weighted by molar-refractivity contribution is 6.00. The lowest BCUT2D eigenvalue weighted by Gasteiger charge is -2.39. The second-order valence-corrected chi connectivity index (χ2v) is 14.3. The van der Waals surface area contributed by atoms with Gasteiger partial charge in [0.2, 0.25) is 0 Å². The van der Waals surface area contributed by atoms with Crippen LogP contribution in [-0.2, 0) is 0 Å². The molecular formula is C46H68FN5O2. The van der Waals surface area contributed by atoms with E-state index in [-0.39, 0.29) is 16.8 Å². The van der Waals surface area contributed by atoms with E-state index in [9.17, 15) is 9.59 Å². The molecule has 54 heavy (non-hydrogen) atoms. The van der Waals surface area contributed by atoms with Crippen LogP contribution in [0.25, 0.3) is 0 Å². The number of hydrogen-bond donors (Lipinski definition) is 4. The standard InChI is InChI=1S/C16H36N.2C15H16N2O.FH/c1-5-9-13-17(14-10-6-2,15-11-7-3)16-12-8-4;2*1-11-5-3-7-13(9-11)16-15(18)17-14-8-4-6-12(2)10-14;/h5-16H2,1-4H3;2*3-10H,1-2H3,(H2,16,17,18);1H/q+1;;;/p-1. The molecule has 4 rings (SSSR count). The number of halogens is 1. The Morgan fingerprint density at radius 1 is 0.426 bits per heavy atom. The average Bonchev–Trinajstić information content (AvgIpc) is 3.11. The summed E-state index contributed by atoms with van der Waals surface area (Å²) >= 11 is 0. The molecule has 4 amide bonds. The minimum Gasteiger partial charge on any atom is -1.00 e. The number of rotatable bonds is 16. The van der Waals surface area contributed by atoms with E-state index < -0.39 is 0 Å². The number of nitrogens with zero attached hydrogens (tertiary/aromatic N) is 1. The second-order valence-electron chi connectivity index (χ2n) is 14.3. The number of amides is 4. The number of nitrogens with one attached hydrogen (secondary N) is 4. The fraction of sp³-hybridized carbons (Fsp3) is 0.435. The van der Waals surface area contributed by atoms with Gasteiger partial charge in [0.25, 0.3) is 0 Å². The van der Waals surface area contributed by atoms with Gasteiger partial charge < -0.3 is 30.5 Å². The van der Waals surface area contributed by atoms with Gasteiger partial charge >= 0.3 is 12.1 Å². The van der Waals surface area contributed by atoms with Crippen LogP contribution in [0.5, 0.6) is 0 Å². The number of anilines is 4. The number of unbranched alkanes of at least 4 members (excludes halogenated alkanes) is 4. The topological polar surface area (TPSA) is 82.3 Å². The van der Waals surface area contributed by atoms with E-state index in [4.69, 9.17) is 0 Å². The molecule has 0 unspecified atom stereocenters.